The Kier molecular flexibility index (Phi) is 4.10. The van der Waals surface area contributed by atoms with Crippen molar-refractivity contribution >= 4 is 34.4 Å². The van der Waals surface area contributed by atoms with Crippen molar-refractivity contribution in [3.63, 3.8) is 0 Å². The van der Waals surface area contributed by atoms with E-state index in [-0.39, 0.29) is 0 Å². The molecule has 0 atom stereocenters. The van der Waals surface area contributed by atoms with Crippen molar-refractivity contribution < 1.29 is 9.47 Å². The number of anilines is 4. The second-order valence-corrected chi connectivity index (χ2v) is 4.56. The lowest BCUT2D eigenvalue weighted by atomic mass is 10.2. The molecule has 0 spiro atoms. The molecular weight excluding hydrogens is 278 g/mol. The van der Waals surface area contributed by atoms with E-state index in [0.29, 0.717) is 27.9 Å². The van der Waals surface area contributed by atoms with Gasteiger partial charge < -0.3 is 26.3 Å². The van der Waals surface area contributed by atoms with E-state index < -0.39 is 0 Å². The number of methoxy groups -OCH3 is 2. The lowest BCUT2D eigenvalue weighted by molar-refractivity contribution is 0.405. The first kappa shape index (κ1) is 14.1. The Balaban J connectivity index is 2.38. The number of nitrogens with two attached hydrogens (primary N) is 2. The molecule has 0 aliphatic heterocycles. The third kappa shape index (κ3) is 2.83. The van der Waals surface area contributed by atoms with Crippen LogP contribution in [0.15, 0.2) is 30.3 Å². The second kappa shape index (κ2) is 5.79. The zero-order chi connectivity index (χ0) is 14.7. The fraction of sp³-hybridized carbons (Fsp3) is 0.143. The van der Waals surface area contributed by atoms with Crippen molar-refractivity contribution in [2.45, 2.75) is 0 Å². The first-order valence-electron chi connectivity index (χ1n) is 5.88. The topological polar surface area (TPSA) is 82.5 Å². The smallest absolute Gasteiger partial charge is 0.144 e. The molecule has 0 radical (unpaired) electrons. The minimum absolute atomic E-state index is 0.478. The Morgan fingerprint density at radius 3 is 2.25 bits per heavy atom. The third-order valence-electron chi connectivity index (χ3n) is 2.84. The van der Waals surface area contributed by atoms with E-state index in [1.807, 2.05) is 6.07 Å². The normalized spacial score (nSPS) is 10.2. The van der Waals surface area contributed by atoms with Crippen LogP contribution in [0.1, 0.15) is 0 Å². The van der Waals surface area contributed by atoms with E-state index in [1.54, 1.807) is 38.5 Å². The Morgan fingerprint density at radius 1 is 0.950 bits per heavy atom. The maximum atomic E-state index is 6.06. The molecule has 5 nitrogen and oxygen atoms in total. The fourth-order valence-corrected chi connectivity index (χ4v) is 2.00. The molecule has 0 aliphatic rings. The summed E-state index contributed by atoms with van der Waals surface area (Å²) in [5, 5.41) is 3.67. The van der Waals surface area contributed by atoms with Crippen LogP contribution < -0.4 is 26.3 Å². The molecule has 20 heavy (non-hydrogen) atoms. The van der Waals surface area contributed by atoms with Crippen LogP contribution in [0.4, 0.5) is 22.7 Å². The highest BCUT2D eigenvalue weighted by atomic mass is 35.5. The van der Waals surface area contributed by atoms with Gasteiger partial charge in [-0.05, 0) is 18.2 Å². The molecule has 0 aromatic heterocycles. The minimum Gasteiger partial charge on any atom is -0.495 e. The third-order valence-corrected chi connectivity index (χ3v) is 3.14. The quantitative estimate of drug-likeness (QED) is 0.754. The van der Waals surface area contributed by atoms with Crippen molar-refractivity contribution in [1.82, 2.24) is 0 Å². The van der Waals surface area contributed by atoms with Crippen molar-refractivity contribution in [3.8, 4) is 11.5 Å². The lowest BCUT2D eigenvalue weighted by Gasteiger charge is -2.14. The van der Waals surface area contributed by atoms with E-state index in [4.69, 9.17) is 32.5 Å². The van der Waals surface area contributed by atoms with Gasteiger partial charge in [0.05, 0.1) is 36.3 Å². The van der Waals surface area contributed by atoms with Crippen molar-refractivity contribution in [1.29, 1.82) is 0 Å². The first-order valence-corrected chi connectivity index (χ1v) is 6.26. The molecule has 0 amide bonds. The lowest BCUT2D eigenvalue weighted by Crippen LogP contribution is -1.99. The Morgan fingerprint density at radius 2 is 1.65 bits per heavy atom. The molecule has 5 N–H and O–H groups in total. The summed E-state index contributed by atoms with van der Waals surface area (Å²) in [4.78, 5) is 0. The molecule has 0 saturated heterocycles. The summed E-state index contributed by atoms with van der Waals surface area (Å²) in [5.41, 5.74) is 14.0. The van der Waals surface area contributed by atoms with Crippen molar-refractivity contribution in [3.05, 3.63) is 35.4 Å². The zero-order valence-electron chi connectivity index (χ0n) is 11.2. The Labute approximate surface area is 122 Å². The van der Waals surface area contributed by atoms with Crippen LogP contribution in [0.5, 0.6) is 11.5 Å². The van der Waals surface area contributed by atoms with Gasteiger partial charge in [0.25, 0.3) is 0 Å². The van der Waals surface area contributed by atoms with Gasteiger partial charge in [-0.3, -0.25) is 0 Å². The molecule has 2 aromatic rings. The van der Waals surface area contributed by atoms with Crippen LogP contribution in [-0.2, 0) is 0 Å². The van der Waals surface area contributed by atoms with E-state index in [9.17, 15) is 0 Å². The number of halogens is 1. The molecule has 106 valence electrons. The largest absolute Gasteiger partial charge is 0.495 e. The average Bonchev–Trinajstić information content (AvgIpc) is 2.44. The summed E-state index contributed by atoms with van der Waals surface area (Å²) in [6.45, 7) is 0. The summed E-state index contributed by atoms with van der Waals surface area (Å²) >= 11 is 6.06. The number of hydrogen-bond donors (Lipinski definition) is 3. The molecule has 0 heterocycles. The van der Waals surface area contributed by atoms with Crippen LogP contribution in [0.3, 0.4) is 0 Å². The molecule has 2 rings (SSSR count). The highest BCUT2D eigenvalue weighted by molar-refractivity contribution is 6.32. The van der Waals surface area contributed by atoms with E-state index in [2.05, 4.69) is 5.32 Å². The van der Waals surface area contributed by atoms with Crippen LogP contribution in [0.25, 0.3) is 0 Å². The van der Waals surface area contributed by atoms with E-state index in [0.717, 1.165) is 11.4 Å². The summed E-state index contributed by atoms with van der Waals surface area (Å²) < 4.78 is 10.5. The monoisotopic (exact) mass is 293 g/mol. The van der Waals surface area contributed by atoms with Gasteiger partial charge in [0.1, 0.15) is 11.5 Å². The number of nitrogens with one attached hydrogen (secondary N) is 1. The number of hydrogen-bond acceptors (Lipinski definition) is 5. The highest BCUT2D eigenvalue weighted by Gasteiger charge is 2.10. The maximum absolute atomic E-state index is 6.06. The van der Waals surface area contributed by atoms with Gasteiger partial charge in [0.2, 0.25) is 0 Å². The summed E-state index contributed by atoms with van der Waals surface area (Å²) in [7, 11) is 3.12. The number of benzene rings is 2. The molecule has 0 fully saturated rings. The molecule has 0 saturated carbocycles. The van der Waals surface area contributed by atoms with E-state index >= 15 is 0 Å². The molecule has 2 aromatic carbocycles. The van der Waals surface area contributed by atoms with Crippen LogP contribution >= 0.6 is 11.6 Å². The number of nitrogen functional groups attached to an aromatic ring is 2. The van der Waals surface area contributed by atoms with Gasteiger partial charge in [0.15, 0.2) is 0 Å². The summed E-state index contributed by atoms with van der Waals surface area (Å²) in [5.74, 6) is 1.16. The van der Waals surface area contributed by atoms with Crippen molar-refractivity contribution in [2.24, 2.45) is 0 Å². The highest BCUT2D eigenvalue weighted by Crippen LogP contribution is 2.37. The van der Waals surface area contributed by atoms with Gasteiger partial charge in [-0.15, -0.1) is 0 Å². The van der Waals surface area contributed by atoms with Gasteiger partial charge in [-0.1, -0.05) is 11.6 Å². The Hall–Kier alpha value is -2.27. The Bertz CT molecular complexity index is 632. The van der Waals surface area contributed by atoms with Gasteiger partial charge in [0, 0.05) is 17.8 Å². The molecule has 0 aliphatic carbocycles. The van der Waals surface area contributed by atoms with Crippen LogP contribution in [0.2, 0.25) is 5.02 Å². The number of rotatable bonds is 4. The molecule has 0 bridgehead atoms. The van der Waals surface area contributed by atoms with Crippen molar-refractivity contribution in [2.75, 3.05) is 31.0 Å². The minimum atomic E-state index is 0.478. The summed E-state index contributed by atoms with van der Waals surface area (Å²) in [6, 6.07) is 8.75. The van der Waals surface area contributed by atoms with Gasteiger partial charge >= 0.3 is 0 Å². The molecular formula is C14H16ClN3O2. The van der Waals surface area contributed by atoms with E-state index in [1.165, 1.54) is 0 Å². The van der Waals surface area contributed by atoms with Crippen LogP contribution in [0, 0.1) is 0 Å². The second-order valence-electron chi connectivity index (χ2n) is 4.16. The predicted molar refractivity (Wildman–Crippen MR) is 83.1 cm³/mol. The zero-order valence-corrected chi connectivity index (χ0v) is 12.0. The first-order chi connectivity index (χ1) is 9.55. The average molecular weight is 294 g/mol. The number of ether oxygens (including phenoxy) is 2. The summed E-state index contributed by atoms with van der Waals surface area (Å²) in [6.07, 6.45) is 0. The predicted octanol–water partition coefficient (Wildman–Crippen LogP) is 3.27. The fourth-order valence-electron chi connectivity index (χ4n) is 1.77. The standard InChI is InChI=1S/C14H16ClN3O2/c1-19-13-7-12(14(20-2)6-9(13)15)18-8-3-4-10(16)11(17)5-8/h3-7,18H,16-17H2,1-2H3. The van der Waals surface area contributed by atoms with Crippen LogP contribution in [-0.4, -0.2) is 14.2 Å². The maximum Gasteiger partial charge on any atom is 0.144 e. The van der Waals surface area contributed by atoms with Gasteiger partial charge in [-0.2, -0.15) is 0 Å². The molecule has 0 unspecified atom stereocenters. The molecule has 6 heteroatoms. The SMILES string of the molecule is COc1cc(Nc2ccc(N)c(N)c2)c(OC)cc1Cl. The van der Waals surface area contributed by atoms with Gasteiger partial charge in [-0.25, -0.2) is 0 Å².